The van der Waals surface area contributed by atoms with Crippen LogP contribution in [0.1, 0.15) is 120 Å². The van der Waals surface area contributed by atoms with Gasteiger partial charge >= 0.3 is 11.9 Å². The van der Waals surface area contributed by atoms with Gasteiger partial charge < -0.3 is 9.84 Å². The summed E-state index contributed by atoms with van der Waals surface area (Å²) in [5.74, 6) is 1.77. The average Bonchev–Trinajstić information content (AvgIpc) is 3.13. The molecule has 36 heavy (non-hydrogen) atoms. The molecule has 5 rings (SSSR count). The normalized spacial score (nSPS) is 52.2. The Kier molecular flexibility index (Phi) is 6.06. The molecule has 0 bridgehead atoms. The molecule has 5 aliphatic rings. The van der Waals surface area contributed by atoms with Gasteiger partial charge in [-0.3, -0.25) is 9.59 Å². The number of hydrogen-bond donors (Lipinski definition) is 1. The van der Waals surface area contributed by atoms with Crippen LogP contribution in [0.15, 0.2) is 0 Å². The Balaban J connectivity index is 1.49. The van der Waals surface area contributed by atoms with Crippen LogP contribution in [-0.4, -0.2) is 23.1 Å². The van der Waals surface area contributed by atoms with Crippen molar-refractivity contribution in [2.75, 3.05) is 0 Å². The Morgan fingerprint density at radius 2 is 1.50 bits per heavy atom. The van der Waals surface area contributed by atoms with Gasteiger partial charge in [-0.05, 0) is 115 Å². The quantitative estimate of drug-likeness (QED) is 0.403. The largest absolute Gasteiger partial charge is 0.481 e. The maximum absolute atomic E-state index is 12.1. The molecule has 204 valence electrons. The van der Waals surface area contributed by atoms with E-state index in [-0.39, 0.29) is 39.7 Å². The number of esters is 1. The van der Waals surface area contributed by atoms with Gasteiger partial charge in [0.2, 0.25) is 0 Å². The van der Waals surface area contributed by atoms with E-state index in [9.17, 15) is 14.7 Å². The fourth-order valence-electron chi connectivity index (χ4n) is 12.1. The van der Waals surface area contributed by atoms with Crippen molar-refractivity contribution in [3.63, 3.8) is 0 Å². The number of aliphatic carboxylic acids is 1. The monoisotopic (exact) mass is 500 g/mol. The van der Waals surface area contributed by atoms with Gasteiger partial charge in [0, 0.05) is 12.3 Å². The van der Waals surface area contributed by atoms with Crippen molar-refractivity contribution in [3.8, 4) is 0 Å². The molecule has 0 aliphatic heterocycles. The van der Waals surface area contributed by atoms with Crippen LogP contribution in [0.25, 0.3) is 0 Å². The summed E-state index contributed by atoms with van der Waals surface area (Å²) in [5.41, 5.74) is 1.13. The minimum absolute atomic E-state index is 0.00361. The Hall–Kier alpha value is -1.06. The predicted octanol–water partition coefficient (Wildman–Crippen LogP) is 7.74. The Bertz CT molecular complexity index is 925. The van der Waals surface area contributed by atoms with Gasteiger partial charge in [-0.15, -0.1) is 0 Å². The summed E-state index contributed by atoms with van der Waals surface area (Å²) >= 11 is 0. The highest BCUT2D eigenvalue weighted by Crippen LogP contribution is 2.77. The first-order valence-electron chi connectivity index (χ1n) is 15.0. The zero-order valence-electron chi connectivity index (χ0n) is 24.3. The van der Waals surface area contributed by atoms with Crippen LogP contribution in [0.5, 0.6) is 0 Å². The van der Waals surface area contributed by atoms with E-state index in [1.807, 2.05) is 6.92 Å². The third kappa shape index (κ3) is 3.36. The van der Waals surface area contributed by atoms with Crippen molar-refractivity contribution < 1.29 is 19.4 Å². The lowest BCUT2D eigenvalue weighted by Crippen LogP contribution is -2.66. The number of carbonyl (C=O) groups is 2. The van der Waals surface area contributed by atoms with Crippen molar-refractivity contribution in [1.29, 1.82) is 0 Å². The van der Waals surface area contributed by atoms with Crippen LogP contribution in [0.2, 0.25) is 0 Å². The smallest absolute Gasteiger partial charge is 0.306 e. The molecule has 0 spiro atoms. The molecule has 5 fully saturated rings. The van der Waals surface area contributed by atoms with Crippen molar-refractivity contribution in [1.82, 2.24) is 0 Å². The van der Waals surface area contributed by atoms with E-state index in [2.05, 4.69) is 41.5 Å². The molecule has 0 aromatic carbocycles. The van der Waals surface area contributed by atoms with Crippen LogP contribution < -0.4 is 0 Å². The molecule has 0 amide bonds. The fraction of sp³-hybridized carbons (Fsp3) is 0.938. The molecular formula is C32H52O4. The van der Waals surface area contributed by atoms with Gasteiger partial charge in [0.15, 0.2) is 0 Å². The minimum Gasteiger partial charge on any atom is -0.481 e. The highest BCUT2D eigenvalue weighted by Gasteiger charge is 2.70. The topological polar surface area (TPSA) is 63.6 Å². The molecular weight excluding hydrogens is 448 g/mol. The molecule has 0 aromatic rings. The molecule has 5 aliphatic carbocycles. The lowest BCUT2D eigenvalue weighted by atomic mass is 9.32. The van der Waals surface area contributed by atoms with E-state index in [1.165, 1.54) is 44.9 Å². The van der Waals surface area contributed by atoms with E-state index < -0.39 is 5.97 Å². The van der Waals surface area contributed by atoms with Crippen molar-refractivity contribution in [2.24, 2.45) is 62.6 Å². The van der Waals surface area contributed by atoms with E-state index in [0.29, 0.717) is 35.0 Å². The minimum atomic E-state index is -0.601. The Morgan fingerprint density at radius 1 is 0.806 bits per heavy atom. The number of ether oxygens (including phenoxy) is 1. The molecule has 1 unspecified atom stereocenters. The summed E-state index contributed by atoms with van der Waals surface area (Å²) in [6.45, 7) is 18.6. The number of rotatable bonds is 3. The van der Waals surface area contributed by atoms with Crippen molar-refractivity contribution in [3.05, 3.63) is 0 Å². The second kappa shape index (κ2) is 8.22. The highest BCUT2D eigenvalue weighted by atomic mass is 16.5. The second-order valence-electron chi connectivity index (χ2n) is 15.6. The maximum Gasteiger partial charge on any atom is 0.306 e. The van der Waals surface area contributed by atoms with E-state index in [4.69, 9.17) is 4.74 Å². The number of hydrogen-bond acceptors (Lipinski definition) is 3. The Labute approximate surface area is 219 Å². The third-order valence-electron chi connectivity index (χ3n) is 14.2. The van der Waals surface area contributed by atoms with E-state index >= 15 is 0 Å². The molecule has 1 N–H and O–H groups in total. The number of carboxylic acid groups (broad SMARTS) is 1. The highest BCUT2D eigenvalue weighted by molar-refractivity contribution is 5.70. The van der Waals surface area contributed by atoms with Crippen LogP contribution in [0.4, 0.5) is 0 Å². The van der Waals surface area contributed by atoms with Crippen molar-refractivity contribution in [2.45, 2.75) is 126 Å². The fourth-order valence-corrected chi connectivity index (χ4v) is 12.1. The first kappa shape index (κ1) is 26.5. The van der Waals surface area contributed by atoms with Crippen molar-refractivity contribution >= 4 is 11.9 Å². The van der Waals surface area contributed by atoms with Gasteiger partial charge in [-0.25, -0.2) is 0 Å². The molecule has 5 saturated carbocycles. The van der Waals surface area contributed by atoms with Gasteiger partial charge in [0.25, 0.3) is 0 Å². The molecule has 0 heterocycles. The lowest BCUT2D eigenvalue weighted by Gasteiger charge is -2.73. The average molecular weight is 501 g/mol. The zero-order chi connectivity index (χ0) is 26.5. The summed E-state index contributed by atoms with van der Waals surface area (Å²) in [5, 5.41) is 9.97. The molecule has 11 atom stereocenters. The first-order valence-corrected chi connectivity index (χ1v) is 15.0. The summed E-state index contributed by atoms with van der Waals surface area (Å²) in [7, 11) is 0. The number of carboxylic acids is 1. The lowest BCUT2D eigenvalue weighted by molar-refractivity contribution is -0.250. The standard InChI is InChI=1S/C32H52O4/c1-19(27(34)35)21-11-14-29(5)17-18-31(7)22(26(21)29)9-10-24-30(6)15-13-25(36-20(2)33)28(3,4)23(30)12-16-32(24,31)8/h19,21-26H,9-18H2,1-8H3,(H,34,35)/t19-,21-,22+,23-,24+,25-,26?,29+,30-,31+,32+/m0/s1. The summed E-state index contributed by atoms with van der Waals surface area (Å²) in [6, 6.07) is 0. The van der Waals surface area contributed by atoms with Gasteiger partial charge in [-0.1, -0.05) is 48.5 Å². The first-order chi connectivity index (χ1) is 16.6. The summed E-state index contributed by atoms with van der Waals surface area (Å²) in [4.78, 5) is 24.0. The van der Waals surface area contributed by atoms with Gasteiger partial charge in [0.05, 0.1) is 5.92 Å². The molecule has 4 heteroatoms. The Morgan fingerprint density at radius 3 is 2.14 bits per heavy atom. The molecule has 0 aromatic heterocycles. The third-order valence-corrected chi connectivity index (χ3v) is 14.2. The van der Waals surface area contributed by atoms with Gasteiger partial charge in [0.1, 0.15) is 6.10 Å². The predicted molar refractivity (Wildman–Crippen MR) is 142 cm³/mol. The van der Waals surface area contributed by atoms with E-state index in [0.717, 1.165) is 19.3 Å². The van der Waals surface area contributed by atoms with Crippen LogP contribution in [0, 0.1) is 62.6 Å². The SMILES string of the molecule is CC(=O)O[C@H]1CC[C@]2(C)[C@H]3CC[C@@H]4C5[C@H]([C@H](C)C(=O)O)CC[C@]5(C)CC[C@@]4(C)[C@]3(C)CC[C@H]2C1(C)C. The summed E-state index contributed by atoms with van der Waals surface area (Å²) in [6.07, 6.45) is 12.0. The van der Waals surface area contributed by atoms with Crippen LogP contribution in [0.3, 0.4) is 0 Å². The van der Waals surface area contributed by atoms with E-state index in [1.54, 1.807) is 6.92 Å². The summed E-state index contributed by atoms with van der Waals surface area (Å²) < 4.78 is 5.89. The van der Waals surface area contributed by atoms with Crippen LogP contribution in [-0.2, 0) is 14.3 Å². The number of carbonyl (C=O) groups excluding carboxylic acids is 1. The van der Waals surface area contributed by atoms with Crippen LogP contribution >= 0.6 is 0 Å². The molecule has 4 nitrogen and oxygen atoms in total. The van der Waals surface area contributed by atoms with Gasteiger partial charge in [-0.2, -0.15) is 0 Å². The molecule has 0 radical (unpaired) electrons. The molecule has 0 saturated heterocycles. The second-order valence-corrected chi connectivity index (χ2v) is 15.6. The zero-order valence-corrected chi connectivity index (χ0v) is 24.3. The number of fused-ring (bicyclic) bond motifs is 7. The maximum atomic E-state index is 12.1.